The molecule has 1 aromatic rings. The molecule has 0 saturated heterocycles. The maximum absolute atomic E-state index is 13.0. The van der Waals surface area contributed by atoms with Crippen molar-refractivity contribution < 1.29 is 19.5 Å². The lowest BCUT2D eigenvalue weighted by molar-refractivity contribution is -0.384. The van der Waals surface area contributed by atoms with E-state index in [1.807, 2.05) is 0 Å². The third-order valence-electron chi connectivity index (χ3n) is 1.97. The molecular weight excluding hydrogens is 255 g/mol. The Kier molecular flexibility index (Phi) is 4.62. The molecule has 0 radical (unpaired) electrons. The van der Waals surface area contributed by atoms with Crippen LogP contribution in [0.2, 0.25) is 5.02 Å². The predicted octanol–water partition coefficient (Wildman–Crippen LogP) is 1.15. The first-order valence-electron chi connectivity index (χ1n) is 4.62. The lowest BCUT2D eigenvalue weighted by atomic mass is 10.2. The first-order valence-corrected chi connectivity index (χ1v) is 4.99. The molecule has 1 unspecified atom stereocenters. The Morgan fingerprint density at radius 2 is 2.24 bits per heavy atom. The molecule has 0 spiro atoms. The molecule has 3 N–H and O–H groups in total. The lowest BCUT2D eigenvalue weighted by Crippen LogP contribution is -2.23. The van der Waals surface area contributed by atoms with E-state index in [-0.39, 0.29) is 17.3 Å². The van der Waals surface area contributed by atoms with Crippen LogP contribution in [-0.4, -0.2) is 34.4 Å². The second kappa shape index (κ2) is 5.76. The van der Waals surface area contributed by atoms with Gasteiger partial charge in [0.1, 0.15) is 11.5 Å². The van der Waals surface area contributed by atoms with Crippen molar-refractivity contribution in [3.63, 3.8) is 0 Å². The van der Waals surface area contributed by atoms with E-state index in [1.165, 1.54) is 0 Å². The van der Waals surface area contributed by atoms with Crippen LogP contribution in [-0.2, 0) is 0 Å². The van der Waals surface area contributed by atoms with Crippen molar-refractivity contribution in [2.45, 2.75) is 6.10 Å². The van der Waals surface area contributed by atoms with E-state index in [1.54, 1.807) is 0 Å². The first kappa shape index (κ1) is 13.6. The molecule has 0 aliphatic carbocycles. The second-order valence-electron chi connectivity index (χ2n) is 3.26. The summed E-state index contributed by atoms with van der Waals surface area (Å²) in [5.74, 6) is -0.897. The maximum atomic E-state index is 13.0. The van der Waals surface area contributed by atoms with Crippen LogP contribution in [0, 0.1) is 15.9 Å². The monoisotopic (exact) mass is 264 g/mol. The minimum absolute atomic E-state index is 0.0195. The SMILES string of the molecule is O=[N+]([O-])c1cc(F)c(Cl)cc1NCC(O)CO. The molecule has 1 aromatic carbocycles. The third kappa shape index (κ3) is 3.52. The number of anilines is 1. The largest absolute Gasteiger partial charge is 0.394 e. The van der Waals surface area contributed by atoms with Crippen molar-refractivity contribution in [3.8, 4) is 0 Å². The normalized spacial score (nSPS) is 12.2. The van der Waals surface area contributed by atoms with Gasteiger partial charge in [-0.05, 0) is 6.07 Å². The first-order chi connectivity index (χ1) is 7.95. The van der Waals surface area contributed by atoms with Crippen LogP contribution >= 0.6 is 11.6 Å². The Labute approximate surface area is 101 Å². The molecule has 0 bridgehead atoms. The molecule has 0 amide bonds. The summed E-state index contributed by atoms with van der Waals surface area (Å²) in [5, 5.41) is 30.6. The summed E-state index contributed by atoms with van der Waals surface area (Å²) < 4.78 is 13.0. The summed E-state index contributed by atoms with van der Waals surface area (Å²) in [6.07, 6.45) is -1.07. The lowest BCUT2D eigenvalue weighted by Gasteiger charge is -2.10. The van der Waals surface area contributed by atoms with Gasteiger partial charge in [-0.3, -0.25) is 10.1 Å². The van der Waals surface area contributed by atoms with Crippen LogP contribution in [0.3, 0.4) is 0 Å². The fourth-order valence-electron chi connectivity index (χ4n) is 1.12. The van der Waals surface area contributed by atoms with Gasteiger partial charge in [-0.1, -0.05) is 11.6 Å². The van der Waals surface area contributed by atoms with E-state index in [2.05, 4.69) is 5.32 Å². The van der Waals surface area contributed by atoms with Gasteiger partial charge in [0.15, 0.2) is 0 Å². The molecule has 1 rings (SSSR count). The summed E-state index contributed by atoms with van der Waals surface area (Å²) in [6.45, 7) is -0.602. The van der Waals surface area contributed by atoms with Crippen molar-refractivity contribution >= 4 is 23.0 Å². The summed E-state index contributed by atoms with van der Waals surface area (Å²) in [6, 6.07) is 1.75. The molecule has 94 valence electrons. The average Bonchev–Trinajstić information content (AvgIpc) is 2.29. The minimum Gasteiger partial charge on any atom is -0.394 e. The highest BCUT2D eigenvalue weighted by molar-refractivity contribution is 6.31. The number of nitro groups is 1. The van der Waals surface area contributed by atoms with E-state index in [0.29, 0.717) is 6.07 Å². The van der Waals surface area contributed by atoms with Gasteiger partial charge >= 0.3 is 0 Å². The average molecular weight is 265 g/mol. The summed E-state index contributed by atoms with van der Waals surface area (Å²) >= 11 is 5.49. The van der Waals surface area contributed by atoms with Gasteiger partial charge in [0, 0.05) is 6.54 Å². The molecule has 0 fully saturated rings. The van der Waals surface area contributed by atoms with Gasteiger partial charge in [0.05, 0.1) is 28.7 Å². The highest BCUT2D eigenvalue weighted by atomic mass is 35.5. The van der Waals surface area contributed by atoms with Crippen LogP contribution in [0.5, 0.6) is 0 Å². The van der Waals surface area contributed by atoms with E-state index in [4.69, 9.17) is 21.8 Å². The summed E-state index contributed by atoms with van der Waals surface area (Å²) in [7, 11) is 0. The number of nitrogens with one attached hydrogen (secondary N) is 1. The van der Waals surface area contributed by atoms with Crippen molar-refractivity contribution in [2.24, 2.45) is 0 Å². The van der Waals surface area contributed by atoms with E-state index < -0.39 is 29.1 Å². The van der Waals surface area contributed by atoms with Crippen LogP contribution in [0.15, 0.2) is 12.1 Å². The van der Waals surface area contributed by atoms with Gasteiger partial charge in [0.25, 0.3) is 5.69 Å². The maximum Gasteiger partial charge on any atom is 0.295 e. The number of aliphatic hydroxyl groups excluding tert-OH is 2. The van der Waals surface area contributed by atoms with Crippen LogP contribution in [0.25, 0.3) is 0 Å². The summed E-state index contributed by atoms with van der Waals surface area (Å²) in [4.78, 5) is 9.87. The zero-order valence-electron chi connectivity index (χ0n) is 8.56. The highest BCUT2D eigenvalue weighted by Crippen LogP contribution is 2.30. The van der Waals surface area contributed by atoms with Crippen LogP contribution < -0.4 is 5.32 Å². The molecule has 0 aromatic heterocycles. The quantitative estimate of drug-likeness (QED) is 0.548. The molecule has 17 heavy (non-hydrogen) atoms. The Balaban J connectivity index is 2.96. The molecule has 8 heteroatoms. The van der Waals surface area contributed by atoms with Gasteiger partial charge in [-0.15, -0.1) is 0 Å². The van der Waals surface area contributed by atoms with Crippen molar-refractivity contribution in [2.75, 3.05) is 18.5 Å². The Morgan fingerprint density at radius 1 is 1.59 bits per heavy atom. The number of rotatable bonds is 5. The van der Waals surface area contributed by atoms with Crippen molar-refractivity contribution in [3.05, 3.63) is 33.1 Å². The molecule has 0 aliphatic rings. The zero-order chi connectivity index (χ0) is 13.0. The molecule has 6 nitrogen and oxygen atoms in total. The molecular formula is C9H10ClFN2O4. The smallest absolute Gasteiger partial charge is 0.295 e. The van der Waals surface area contributed by atoms with E-state index >= 15 is 0 Å². The standard InChI is InChI=1S/C9H10ClFN2O4/c10-6-1-8(12-3-5(15)4-14)9(13(16)17)2-7(6)11/h1-2,5,12,14-15H,3-4H2. The topological polar surface area (TPSA) is 95.6 Å². The Morgan fingerprint density at radius 3 is 2.76 bits per heavy atom. The minimum atomic E-state index is -1.07. The number of nitro benzene ring substituents is 1. The summed E-state index contributed by atoms with van der Waals surface area (Å²) in [5.41, 5.74) is -0.508. The number of halogens is 2. The Hall–Kier alpha value is -1.44. The van der Waals surface area contributed by atoms with Gasteiger partial charge in [-0.2, -0.15) is 0 Å². The number of nitrogens with zero attached hydrogens (tertiary/aromatic N) is 1. The second-order valence-corrected chi connectivity index (χ2v) is 3.67. The van der Waals surface area contributed by atoms with Gasteiger partial charge < -0.3 is 15.5 Å². The number of hydrogen-bond acceptors (Lipinski definition) is 5. The fraction of sp³-hybridized carbons (Fsp3) is 0.333. The molecule has 1 atom stereocenters. The van der Waals surface area contributed by atoms with Crippen LogP contribution in [0.1, 0.15) is 0 Å². The molecule has 0 aliphatic heterocycles. The van der Waals surface area contributed by atoms with Crippen molar-refractivity contribution in [1.82, 2.24) is 0 Å². The highest BCUT2D eigenvalue weighted by Gasteiger charge is 2.18. The van der Waals surface area contributed by atoms with E-state index in [9.17, 15) is 14.5 Å². The van der Waals surface area contributed by atoms with Gasteiger partial charge in [-0.25, -0.2) is 4.39 Å². The third-order valence-corrected chi connectivity index (χ3v) is 2.26. The van der Waals surface area contributed by atoms with Gasteiger partial charge in [0.2, 0.25) is 0 Å². The van der Waals surface area contributed by atoms with Crippen molar-refractivity contribution in [1.29, 1.82) is 0 Å². The number of aliphatic hydroxyl groups is 2. The van der Waals surface area contributed by atoms with E-state index in [0.717, 1.165) is 6.07 Å². The zero-order valence-corrected chi connectivity index (χ0v) is 9.32. The molecule has 0 saturated carbocycles. The Bertz CT molecular complexity index is 430. The number of benzene rings is 1. The molecule has 0 heterocycles. The number of hydrogen-bond donors (Lipinski definition) is 3. The predicted molar refractivity (Wildman–Crippen MR) is 59.6 cm³/mol. The fourth-order valence-corrected chi connectivity index (χ4v) is 1.28. The van der Waals surface area contributed by atoms with Crippen LogP contribution in [0.4, 0.5) is 15.8 Å².